The third-order valence-corrected chi connectivity index (χ3v) is 3.90. The number of hydrogen-bond acceptors (Lipinski definition) is 4. The Morgan fingerprint density at radius 1 is 1.09 bits per heavy atom. The number of nitrogens with zero attached hydrogens (tertiary/aromatic N) is 2. The van der Waals surface area contributed by atoms with Crippen molar-refractivity contribution in [2.45, 2.75) is 6.92 Å². The molecular formula is C17H14FN3S. The summed E-state index contributed by atoms with van der Waals surface area (Å²) in [5.74, 6) is -0.250. The fraction of sp³-hybridized carbons (Fsp3) is 0.0588. The van der Waals surface area contributed by atoms with Crippen molar-refractivity contribution in [3.8, 4) is 11.3 Å². The zero-order chi connectivity index (χ0) is 15.4. The SMILES string of the molecule is C/C(=N/Nc1nc(-c2ccc(F)cc2)cs1)c1ccccc1. The van der Waals surface area contributed by atoms with Gasteiger partial charge in [-0.25, -0.2) is 9.37 Å². The minimum absolute atomic E-state index is 0.250. The number of nitrogens with one attached hydrogen (secondary N) is 1. The van der Waals surface area contributed by atoms with Crippen molar-refractivity contribution < 1.29 is 4.39 Å². The average molecular weight is 311 g/mol. The zero-order valence-electron chi connectivity index (χ0n) is 12.0. The predicted octanol–water partition coefficient (Wildman–Crippen LogP) is 4.79. The molecule has 0 aliphatic heterocycles. The summed E-state index contributed by atoms with van der Waals surface area (Å²) in [6.07, 6.45) is 0. The van der Waals surface area contributed by atoms with Crippen LogP contribution >= 0.6 is 11.3 Å². The van der Waals surface area contributed by atoms with Crippen molar-refractivity contribution in [2.75, 3.05) is 5.43 Å². The van der Waals surface area contributed by atoms with Crippen LogP contribution in [0.5, 0.6) is 0 Å². The average Bonchev–Trinajstić information content (AvgIpc) is 3.03. The second-order valence-electron chi connectivity index (χ2n) is 4.72. The van der Waals surface area contributed by atoms with Crippen molar-refractivity contribution in [3.63, 3.8) is 0 Å². The summed E-state index contributed by atoms with van der Waals surface area (Å²) in [5.41, 5.74) is 6.60. The number of benzene rings is 2. The quantitative estimate of drug-likeness (QED) is 0.556. The summed E-state index contributed by atoms with van der Waals surface area (Å²) in [6.45, 7) is 1.94. The summed E-state index contributed by atoms with van der Waals surface area (Å²) in [5, 5.41) is 6.96. The van der Waals surface area contributed by atoms with E-state index in [9.17, 15) is 4.39 Å². The molecule has 0 amide bonds. The van der Waals surface area contributed by atoms with Crippen LogP contribution in [0.4, 0.5) is 9.52 Å². The van der Waals surface area contributed by atoms with Crippen LogP contribution in [0, 0.1) is 5.82 Å². The van der Waals surface area contributed by atoms with Crippen molar-refractivity contribution in [2.24, 2.45) is 5.10 Å². The van der Waals surface area contributed by atoms with Crippen LogP contribution in [0.2, 0.25) is 0 Å². The van der Waals surface area contributed by atoms with Gasteiger partial charge in [0, 0.05) is 10.9 Å². The highest BCUT2D eigenvalue weighted by Gasteiger charge is 2.04. The van der Waals surface area contributed by atoms with Crippen LogP contribution in [0.1, 0.15) is 12.5 Å². The zero-order valence-corrected chi connectivity index (χ0v) is 12.8. The Bertz CT molecular complexity index is 779. The lowest BCUT2D eigenvalue weighted by Gasteiger charge is -2.00. The summed E-state index contributed by atoms with van der Waals surface area (Å²) in [7, 11) is 0. The molecule has 22 heavy (non-hydrogen) atoms. The van der Waals surface area contributed by atoms with E-state index in [1.54, 1.807) is 12.1 Å². The number of anilines is 1. The number of hydrogen-bond donors (Lipinski definition) is 1. The van der Waals surface area contributed by atoms with Crippen LogP contribution in [0.15, 0.2) is 65.1 Å². The van der Waals surface area contributed by atoms with Gasteiger partial charge in [-0.3, -0.25) is 5.43 Å². The Morgan fingerprint density at radius 2 is 1.82 bits per heavy atom. The van der Waals surface area contributed by atoms with Gasteiger partial charge in [-0.2, -0.15) is 5.10 Å². The maximum Gasteiger partial charge on any atom is 0.203 e. The molecule has 3 nitrogen and oxygen atoms in total. The normalized spacial score (nSPS) is 11.5. The van der Waals surface area contributed by atoms with E-state index in [2.05, 4.69) is 15.5 Å². The third kappa shape index (κ3) is 3.38. The van der Waals surface area contributed by atoms with Gasteiger partial charge < -0.3 is 0 Å². The highest BCUT2D eigenvalue weighted by molar-refractivity contribution is 7.14. The molecular weight excluding hydrogens is 297 g/mol. The van der Waals surface area contributed by atoms with Gasteiger partial charge in [0.05, 0.1) is 11.4 Å². The highest BCUT2D eigenvalue weighted by Crippen LogP contribution is 2.25. The first kappa shape index (κ1) is 14.4. The van der Waals surface area contributed by atoms with Crippen LogP contribution in [-0.2, 0) is 0 Å². The number of thiazole rings is 1. The highest BCUT2D eigenvalue weighted by atomic mass is 32.1. The van der Waals surface area contributed by atoms with E-state index in [4.69, 9.17) is 0 Å². The Balaban J connectivity index is 1.73. The van der Waals surface area contributed by atoms with Gasteiger partial charge in [-0.15, -0.1) is 11.3 Å². The van der Waals surface area contributed by atoms with Crippen molar-refractivity contribution in [3.05, 3.63) is 71.4 Å². The van der Waals surface area contributed by atoms with E-state index >= 15 is 0 Å². The first-order valence-electron chi connectivity index (χ1n) is 6.79. The molecule has 1 heterocycles. The second kappa shape index (κ2) is 6.49. The Labute approximate surface area is 132 Å². The molecule has 0 atom stereocenters. The smallest absolute Gasteiger partial charge is 0.203 e. The molecule has 5 heteroatoms. The number of halogens is 1. The van der Waals surface area contributed by atoms with Gasteiger partial charge in [0.25, 0.3) is 0 Å². The third-order valence-electron chi connectivity index (χ3n) is 3.15. The van der Waals surface area contributed by atoms with Crippen LogP contribution < -0.4 is 5.43 Å². The first-order chi connectivity index (χ1) is 10.7. The molecule has 3 rings (SSSR count). The van der Waals surface area contributed by atoms with E-state index < -0.39 is 0 Å². The molecule has 1 aromatic heterocycles. The van der Waals surface area contributed by atoms with Gasteiger partial charge in [0.1, 0.15) is 5.82 Å². The van der Waals surface area contributed by atoms with Gasteiger partial charge >= 0.3 is 0 Å². The van der Waals surface area contributed by atoms with Crippen molar-refractivity contribution in [1.82, 2.24) is 4.98 Å². The van der Waals surface area contributed by atoms with Crippen LogP contribution in [-0.4, -0.2) is 10.7 Å². The monoisotopic (exact) mass is 311 g/mol. The fourth-order valence-corrected chi connectivity index (χ4v) is 2.62. The maximum absolute atomic E-state index is 12.9. The molecule has 0 unspecified atom stereocenters. The Kier molecular flexibility index (Phi) is 4.25. The summed E-state index contributed by atoms with van der Waals surface area (Å²) in [6, 6.07) is 16.2. The Hall–Kier alpha value is -2.53. The van der Waals surface area contributed by atoms with Crippen LogP contribution in [0.25, 0.3) is 11.3 Å². The molecule has 1 N–H and O–H groups in total. The van der Waals surface area contributed by atoms with Crippen molar-refractivity contribution in [1.29, 1.82) is 0 Å². The largest absolute Gasteiger partial charge is 0.252 e. The predicted molar refractivity (Wildman–Crippen MR) is 89.8 cm³/mol. The molecule has 2 aromatic carbocycles. The Morgan fingerprint density at radius 3 is 2.55 bits per heavy atom. The molecule has 110 valence electrons. The number of hydrazone groups is 1. The number of aromatic nitrogens is 1. The molecule has 0 bridgehead atoms. The van der Waals surface area contributed by atoms with Gasteiger partial charge in [-0.1, -0.05) is 30.3 Å². The minimum Gasteiger partial charge on any atom is -0.252 e. The van der Waals surface area contributed by atoms with Crippen molar-refractivity contribution >= 4 is 22.2 Å². The lowest BCUT2D eigenvalue weighted by molar-refractivity contribution is 0.628. The lowest BCUT2D eigenvalue weighted by Crippen LogP contribution is -1.99. The fourth-order valence-electron chi connectivity index (χ4n) is 1.95. The second-order valence-corrected chi connectivity index (χ2v) is 5.58. The topological polar surface area (TPSA) is 37.3 Å². The molecule has 0 aliphatic rings. The lowest BCUT2D eigenvalue weighted by atomic mass is 10.1. The van der Waals surface area contributed by atoms with Gasteiger partial charge in [0.2, 0.25) is 5.13 Å². The molecule has 0 radical (unpaired) electrons. The standard InChI is InChI=1S/C17H14FN3S/c1-12(13-5-3-2-4-6-13)20-21-17-19-16(11-22-17)14-7-9-15(18)10-8-14/h2-11H,1H3,(H,19,21)/b20-12-. The van der Waals surface area contributed by atoms with E-state index in [0.29, 0.717) is 5.13 Å². The minimum atomic E-state index is -0.250. The summed E-state index contributed by atoms with van der Waals surface area (Å²) < 4.78 is 12.9. The summed E-state index contributed by atoms with van der Waals surface area (Å²) in [4.78, 5) is 4.45. The molecule has 0 spiro atoms. The molecule has 0 saturated carbocycles. The molecule has 3 aromatic rings. The first-order valence-corrected chi connectivity index (χ1v) is 7.67. The number of rotatable bonds is 4. The van der Waals surface area contributed by atoms with Crippen LogP contribution in [0.3, 0.4) is 0 Å². The van der Waals surface area contributed by atoms with E-state index in [1.807, 2.05) is 42.6 Å². The molecule has 0 fully saturated rings. The van der Waals surface area contributed by atoms with E-state index in [-0.39, 0.29) is 5.82 Å². The van der Waals surface area contributed by atoms with E-state index in [1.165, 1.54) is 23.5 Å². The summed E-state index contributed by atoms with van der Waals surface area (Å²) >= 11 is 1.46. The van der Waals surface area contributed by atoms with E-state index in [0.717, 1.165) is 22.5 Å². The maximum atomic E-state index is 12.9. The molecule has 0 saturated heterocycles. The van der Waals surface area contributed by atoms with Gasteiger partial charge in [-0.05, 0) is 36.8 Å². The van der Waals surface area contributed by atoms with Gasteiger partial charge in [0.15, 0.2) is 0 Å². The molecule has 0 aliphatic carbocycles.